The van der Waals surface area contributed by atoms with Gasteiger partial charge >= 0.3 is 0 Å². The number of rotatable bonds is 5. The number of carbonyl (C=O) groups is 1. The summed E-state index contributed by atoms with van der Waals surface area (Å²) < 4.78 is 0. The predicted octanol–water partition coefficient (Wildman–Crippen LogP) is 3.28. The first kappa shape index (κ1) is 19.4. The minimum Gasteiger partial charge on any atom is -0.320 e. The third kappa shape index (κ3) is 4.33. The lowest BCUT2D eigenvalue weighted by Crippen LogP contribution is -2.42. The van der Waals surface area contributed by atoms with Gasteiger partial charge in [-0.25, -0.2) is 0 Å². The summed E-state index contributed by atoms with van der Waals surface area (Å²) in [5, 5.41) is 14.3. The van der Waals surface area contributed by atoms with E-state index in [1.807, 2.05) is 12.1 Å². The van der Waals surface area contributed by atoms with Crippen LogP contribution < -0.4 is 10.6 Å². The fourth-order valence-corrected chi connectivity index (χ4v) is 3.92. The first-order valence-electron chi connectivity index (χ1n) is 10.5. The minimum atomic E-state index is -0.249. The summed E-state index contributed by atoms with van der Waals surface area (Å²) in [7, 11) is 0. The summed E-state index contributed by atoms with van der Waals surface area (Å²) in [5.74, 6) is -0.249. The molecule has 1 aliphatic rings. The first-order chi connectivity index (χ1) is 15.3. The average molecular weight is 412 g/mol. The van der Waals surface area contributed by atoms with Gasteiger partial charge in [-0.15, -0.1) is 0 Å². The molecule has 5 rings (SSSR count). The fraction of sp³-hybridized carbons (Fsp3) is 0.208. The van der Waals surface area contributed by atoms with Gasteiger partial charge in [0, 0.05) is 56.2 Å². The molecule has 3 N–H and O–H groups in total. The van der Waals surface area contributed by atoms with Gasteiger partial charge < -0.3 is 10.6 Å². The van der Waals surface area contributed by atoms with Crippen molar-refractivity contribution in [3.05, 3.63) is 78.2 Å². The zero-order valence-electron chi connectivity index (χ0n) is 17.1. The van der Waals surface area contributed by atoms with Crippen LogP contribution in [0.15, 0.2) is 67.0 Å². The number of piperazine rings is 1. The van der Waals surface area contributed by atoms with Gasteiger partial charge in [0.05, 0.1) is 5.52 Å². The van der Waals surface area contributed by atoms with Crippen molar-refractivity contribution in [2.75, 3.05) is 31.5 Å². The molecular weight excluding hydrogens is 388 g/mol. The summed E-state index contributed by atoms with van der Waals surface area (Å²) in [6.07, 6.45) is 3.28. The molecule has 3 heterocycles. The molecule has 1 saturated heterocycles. The molecule has 7 heteroatoms. The number of carbonyl (C=O) groups excluding carboxylic acids is 1. The largest absolute Gasteiger partial charge is 0.320 e. The van der Waals surface area contributed by atoms with Crippen molar-refractivity contribution in [3.8, 4) is 11.1 Å². The van der Waals surface area contributed by atoms with Crippen molar-refractivity contribution in [2.24, 2.45) is 0 Å². The molecule has 0 atom stereocenters. The standard InChI is InChI=1S/C24H24N6O/c31-24(27-20-7-9-25-10-8-20)23-21-15-19(5-6-22(21)28-29-23)18-3-1-17(2-4-18)16-30-13-11-26-12-14-30/h1-10,15,26H,11-14,16H2,(H,28,29)(H,25,27,31). The Morgan fingerprint density at radius 1 is 0.968 bits per heavy atom. The van der Waals surface area contributed by atoms with E-state index in [9.17, 15) is 4.79 Å². The second-order valence-electron chi connectivity index (χ2n) is 7.75. The Kier molecular flexibility index (Phi) is 5.43. The van der Waals surface area contributed by atoms with E-state index in [-0.39, 0.29) is 5.91 Å². The van der Waals surface area contributed by atoms with Crippen molar-refractivity contribution < 1.29 is 4.79 Å². The molecule has 7 nitrogen and oxygen atoms in total. The highest BCUT2D eigenvalue weighted by molar-refractivity contribution is 6.11. The number of H-pyrrole nitrogens is 1. The highest BCUT2D eigenvalue weighted by Gasteiger charge is 2.15. The van der Waals surface area contributed by atoms with Crippen molar-refractivity contribution >= 4 is 22.5 Å². The quantitative estimate of drug-likeness (QED) is 0.468. The van der Waals surface area contributed by atoms with Gasteiger partial charge in [-0.3, -0.25) is 19.8 Å². The maximum Gasteiger partial charge on any atom is 0.276 e. The number of aromatic nitrogens is 3. The van der Waals surface area contributed by atoms with Crippen LogP contribution in [0.25, 0.3) is 22.0 Å². The molecule has 0 spiro atoms. The van der Waals surface area contributed by atoms with E-state index in [0.29, 0.717) is 11.4 Å². The first-order valence-corrected chi connectivity index (χ1v) is 10.5. The molecule has 4 aromatic rings. The van der Waals surface area contributed by atoms with Crippen LogP contribution in [0.1, 0.15) is 16.1 Å². The zero-order chi connectivity index (χ0) is 21.0. The lowest BCUT2D eigenvalue weighted by molar-refractivity contribution is 0.102. The monoisotopic (exact) mass is 412 g/mol. The second-order valence-corrected chi connectivity index (χ2v) is 7.75. The Labute approximate surface area is 180 Å². The molecule has 1 fully saturated rings. The van der Waals surface area contributed by atoms with Crippen LogP contribution in [0.4, 0.5) is 5.69 Å². The number of amides is 1. The van der Waals surface area contributed by atoms with Crippen LogP contribution >= 0.6 is 0 Å². The normalized spacial score (nSPS) is 14.6. The average Bonchev–Trinajstić information content (AvgIpc) is 3.24. The molecule has 0 aliphatic carbocycles. The van der Waals surface area contributed by atoms with Gasteiger partial charge in [0.15, 0.2) is 5.69 Å². The molecule has 0 saturated carbocycles. The third-order valence-electron chi connectivity index (χ3n) is 5.62. The number of hydrogen-bond donors (Lipinski definition) is 3. The maximum atomic E-state index is 12.7. The Bertz CT molecular complexity index is 1180. The van der Waals surface area contributed by atoms with E-state index in [1.54, 1.807) is 24.5 Å². The van der Waals surface area contributed by atoms with Crippen LogP contribution in [-0.2, 0) is 6.54 Å². The minimum absolute atomic E-state index is 0.249. The molecule has 156 valence electrons. The number of hydrogen-bond acceptors (Lipinski definition) is 5. The Balaban J connectivity index is 1.36. The Hall–Kier alpha value is -3.55. The molecule has 0 bridgehead atoms. The van der Waals surface area contributed by atoms with Gasteiger partial charge in [-0.2, -0.15) is 5.10 Å². The van der Waals surface area contributed by atoms with E-state index < -0.39 is 0 Å². The molecular formula is C24H24N6O. The maximum absolute atomic E-state index is 12.7. The number of benzene rings is 2. The van der Waals surface area contributed by atoms with Gasteiger partial charge in [0.1, 0.15) is 0 Å². The predicted molar refractivity (Wildman–Crippen MR) is 122 cm³/mol. The van der Waals surface area contributed by atoms with Crippen molar-refractivity contribution in [2.45, 2.75) is 6.54 Å². The topological polar surface area (TPSA) is 85.9 Å². The number of pyridine rings is 1. The fourth-order valence-electron chi connectivity index (χ4n) is 3.92. The van der Waals surface area contributed by atoms with Gasteiger partial charge in [-0.05, 0) is 41.0 Å². The van der Waals surface area contributed by atoms with E-state index in [2.05, 4.69) is 61.0 Å². The highest BCUT2D eigenvalue weighted by atomic mass is 16.1. The van der Waals surface area contributed by atoms with Crippen LogP contribution in [0.3, 0.4) is 0 Å². The number of fused-ring (bicyclic) bond motifs is 1. The van der Waals surface area contributed by atoms with Gasteiger partial charge in [0.2, 0.25) is 0 Å². The Morgan fingerprint density at radius 3 is 2.48 bits per heavy atom. The molecule has 2 aromatic carbocycles. The highest BCUT2D eigenvalue weighted by Crippen LogP contribution is 2.26. The number of anilines is 1. The smallest absolute Gasteiger partial charge is 0.276 e. The van der Waals surface area contributed by atoms with Crippen LogP contribution in [-0.4, -0.2) is 52.2 Å². The van der Waals surface area contributed by atoms with Crippen LogP contribution in [0, 0.1) is 0 Å². The van der Waals surface area contributed by atoms with E-state index in [4.69, 9.17) is 0 Å². The zero-order valence-corrected chi connectivity index (χ0v) is 17.1. The number of nitrogens with zero attached hydrogens (tertiary/aromatic N) is 3. The van der Waals surface area contributed by atoms with Crippen molar-refractivity contribution in [1.29, 1.82) is 0 Å². The summed E-state index contributed by atoms with van der Waals surface area (Å²) in [5.41, 5.74) is 5.39. The summed E-state index contributed by atoms with van der Waals surface area (Å²) in [4.78, 5) is 19.2. The van der Waals surface area contributed by atoms with Crippen molar-refractivity contribution in [1.82, 2.24) is 25.4 Å². The molecule has 31 heavy (non-hydrogen) atoms. The van der Waals surface area contributed by atoms with Crippen LogP contribution in [0.2, 0.25) is 0 Å². The lowest BCUT2D eigenvalue weighted by atomic mass is 10.0. The Morgan fingerprint density at radius 2 is 1.71 bits per heavy atom. The van der Waals surface area contributed by atoms with E-state index in [0.717, 1.165) is 54.8 Å². The number of nitrogens with one attached hydrogen (secondary N) is 3. The molecule has 2 aromatic heterocycles. The lowest BCUT2D eigenvalue weighted by Gasteiger charge is -2.27. The summed E-state index contributed by atoms with van der Waals surface area (Å²) in [6, 6.07) is 18.2. The summed E-state index contributed by atoms with van der Waals surface area (Å²) in [6.45, 7) is 5.26. The molecule has 1 amide bonds. The number of aromatic amines is 1. The van der Waals surface area contributed by atoms with E-state index in [1.165, 1.54) is 5.56 Å². The van der Waals surface area contributed by atoms with Crippen molar-refractivity contribution in [3.63, 3.8) is 0 Å². The SMILES string of the molecule is O=C(Nc1ccncc1)c1n[nH]c2ccc(-c3ccc(CN4CCNCC4)cc3)cc12. The molecule has 1 aliphatic heterocycles. The van der Waals surface area contributed by atoms with Crippen LogP contribution in [0.5, 0.6) is 0 Å². The molecule has 0 radical (unpaired) electrons. The third-order valence-corrected chi connectivity index (χ3v) is 5.62. The van der Waals surface area contributed by atoms with E-state index >= 15 is 0 Å². The van der Waals surface area contributed by atoms with Gasteiger partial charge in [0.25, 0.3) is 5.91 Å². The molecule has 0 unspecified atom stereocenters. The second kappa shape index (κ2) is 8.67. The van der Waals surface area contributed by atoms with Gasteiger partial charge in [-0.1, -0.05) is 30.3 Å². The summed E-state index contributed by atoms with van der Waals surface area (Å²) >= 11 is 0.